The molecule has 32 heavy (non-hydrogen) atoms. The number of aliphatic hydroxyl groups excluding tert-OH is 1. The zero-order valence-corrected chi connectivity index (χ0v) is 20.3. The summed E-state index contributed by atoms with van der Waals surface area (Å²) in [6.45, 7) is 9.96. The van der Waals surface area contributed by atoms with E-state index in [2.05, 4.69) is 30.2 Å². The van der Waals surface area contributed by atoms with E-state index in [4.69, 9.17) is 4.74 Å². The van der Waals surface area contributed by atoms with Gasteiger partial charge in [0.05, 0.1) is 18.0 Å². The van der Waals surface area contributed by atoms with Crippen LogP contribution in [0.1, 0.15) is 86.0 Å². The predicted molar refractivity (Wildman–Crippen MR) is 125 cm³/mol. The number of nitrogens with one attached hydrogen (secondary N) is 1. The summed E-state index contributed by atoms with van der Waals surface area (Å²) in [4.78, 5) is 3.95. The number of pyridine rings is 1. The number of anilines is 1. The van der Waals surface area contributed by atoms with Gasteiger partial charge in [-0.25, -0.2) is 4.98 Å². The largest absolute Gasteiger partial charge is 0.465 e. The van der Waals surface area contributed by atoms with Gasteiger partial charge in [-0.1, -0.05) is 45.8 Å². The second-order valence-corrected chi connectivity index (χ2v) is 8.47. The Labute approximate surface area is 191 Å². The van der Waals surface area contributed by atoms with Gasteiger partial charge < -0.3 is 15.2 Å². The quantitative estimate of drug-likeness (QED) is 0.421. The van der Waals surface area contributed by atoms with Gasteiger partial charge in [0.2, 0.25) is 5.88 Å². The molecule has 1 aromatic heterocycles. The molecule has 2 saturated carbocycles. The maximum Gasteiger partial charge on any atom is 0.425 e. The molecule has 0 aromatic carbocycles. The molecule has 0 radical (unpaired) electrons. The second kappa shape index (κ2) is 13.7. The number of rotatable bonds is 7. The van der Waals surface area contributed by atoms with E-state index in [9.17, 15) is 18.3 Å². The van der Waals surface area contributed by atoms with Crippen LogP contribution < -0.4 is 10.1 Å². The number of hydrogen-bond acceptors (Lipinski definition) is 4. The number of halogens is 3. The minimum absolute atomic E-state index is 0.0402. The summed E-state index contributed by atoms with van der Waals surface area (Å²) in [6, 6.07) is 3.13. The van der Waals surface area contributed by atoms with Crippen LogP contribution in [0.25, 0.3) is 0 Å². The van der Waals surface area contributed by atoms with E-state index in [0.717, 1.165) is 51.3 Å². The number of alkyl halides is 3. The van der Waals surface area contributed by atoms with E-state index >= 15 is 0 Å². The van der Waals surface area contributed by atoms with Crippen LogP contribution in [-0.2, 0) is 0 Å². The smallest absolute Gasteiger partial charge is 0.425 e. The summed E-state index contributed by atoms with van der Waals surface area (Å²) in [5.74, 6) is -0.0402. The molecule has 0 bridgehead atoms. The average Bonchev–Trinajstić information content (AvgIpc) is 3.57. The van der Waals surface area contributed by atoms with Crippen LogP contribution in [0.15, 0.2) is 30.0 Å². The highest BCUT2D eigenvalue weighted by molar-refractivity contribution is 5.42. The molecule has 7 heteroatoms. The van der Waals surface area contributed by atoms with Crippen LogP contribution in [0.2, 0.25) is 0 Å². The third-order valence-electron chi connectivity index (χ3n) is 5.45. The van der Waals surface area contributed by atoms with Crippen molar-refractivity contribution in [1.29, 1.82) is 0 Å². The fourth-order valence-corrected chi connectivity index (χ4v) is 3.55. The summed E-state index contributed by atoms with van der Waals surface area (Å²) in [5.41, 5.74) is 2.43. The third-order valence-corrected chi connectivity index (χ3v) is 5.45. The molecular formula is C25H41F3N2O2. The van der Waals surface area contributed by atoms with Crippen molar-refractivity contribution < 1.29 is 23.0 Å². The molecule has 2 aliphatic carbocycles. The SMILES string of the molecule is CC.CC(Oc1ccc(NCCC2(C=C3CC3)CCC(O)CC2)cn1)C(F)(F)F.CCC. The van der Waals surface area contributed by atoms with Crippen molar-refractivity contribution in [2.75, 3.05) is 11.9 Å². The molecule has 2 N–H and O–H groups in total. The van der Waals surface area contributed by atoms with Gasteiger partial charge in [-0.15, -0.1) is 0 Å². The van der Waals surface area contributed by atoms with Gasteiger partial charge in [-0.05, 0) is 63.4 Å². The fraction of sp³-hybridized carbons (Fsp3) is 0.720. The van der Waals surface area contributed by atoms with E-state index in [0.29, 0.717) is 0 Å². The monoisotopic (exact) mass is 458 g/mol. The summed E-state index contributed by atoms with van der Waals surface area (Å²) in [5, 5.41) is 13.1. The molecule has 1 atom stereocenters. The Hall–Kier alpha value is -1.76. The van der Waals surface area contributed by atoms with Crippen molar-refractivity contribution in [3.8, 4) is 5.88 Å². The second-order valence-electron chi connectivity index (χ2n) is 8.47. The van der Waals surface area contributed by atoms with E-state index in [-0.39, 0.29) is 17.4 Å². The first kappa shape index (κ1) is 28.3. The Morgan fingerprint density at radius 2 is 1.81 bits per heavy atom. The minimum Gasteiger partial charge on any atom is -0.465 e. The number of aromatic nitrogens is 1. The van der Waals surface area contributed by atoms with Gasteiger partial charge in [-0.3, -0.25) is 0 Å². The summed E-state index contributed by atoms with van der Waals surface area (Å²) >= 11 is 0. The number of allylic oxidation sites excluding steroid dienone is 2. The zero-order chi connectivity index (χ0) is 24.2. The summed E-state index contributed by atoms with van der Waals surface area (Å²) < 4.78 is 42.4. The first-order valence-electron chi connectivity index (χ1n) is 12.0. The third kappa shape index (κ3) is 10.2. The molecule has 3 rings (SSSR count). The molecule has 0 amide bonds. The van der Waals surface area contributed by atoms with E-state index in [1.54, 1.807) is 6.07 Å². The molecule has 0 aliphatic heterocycles. The van der Waals surface area contributed by atoms with Crippen molar-refractivity contribution >= 4 is 5.69 Å². The molecule has 4 nitrogen and oxygen atoms in total. The lowest BCUT2D eigenvalue weighted by atomic mass is 9.70. The molecule has 2 aliphatic rings. The van der Waals surface area contributed by atoms with Gasteiger partial charge in [0.15, 0.2) is 6.10 Å². The van der Waals surface area contributed by atoms with E-state index < -0.39 is 12.3 Å². The molecular weight excluding hydrogens is 417 g/mol. The van der Waals surface area contributed by atoms with Crippen molar-refractivity contribution in [3.63, 3.8) is 0 Å². The first-order valence-corrected chi connectivity index (χ1v) is 12.0. The Morgan fingerprint density at radius 1 is 1.22 bits per heavy atom. The van der Waals surface area contributed by atoms with Crippen molar-refractivity contribution in [1.82, 2.24) is 4.98 Å². The predicted octanol–water partition coefficient (Wildman–Crippen LogP) is 7.30. The highest BCUT2D eigenvalue weighted by atomic mass is 19.4. The Bertz CT molecular complexity index is 661. The molecule has 0 spiro atoms. The number of nitrogens with zero attached hydrogens (tertiary/aromatic N) is 1. The Balaban J connectivity index is 0.000000944. The zero-order valence-electron chi connectivity index (χ0n) is 20.3. The van der Waals surface area contributed by atoms with Gasteiger partial charge >= 0.3 is 6.18 Å². The average molecular weight is 459 g/mol. The van der Waals surface area contributed by atoms with E-state index in [1.165, 1.54) is 37.1 Å². The van der Waals surface area contributed by atoms with Crippen LogP contribution >= 0.6 is 0 Å². The number of aliphatic hydroxyl groups is 1. The topological polar surface area (TPSA) is 54.4 Å². The van der Waals surface area contributed by atoms with Gasteiger partial charge in [-0.2, -0.15) is 13.2 Å². The summed E-state index contributed by atoms with van der Waals surface area (Å²) in [7, 11) is 0. The Morgan fingerprint density at radius 3 is 2.28 bits per heavy atom. The van der Waals surface area contributed by atoms with Crippen molar-refractivity contribution in [3.05, 3.63) is 30.0 Å². The van der Waals surface area contributed by atoms with Crippen LogP contribution in [0.5, 0.6) is 5.88 Å². The lowest BCUT2D eigenvalue weighted by Gasteiger charge is -2.37. The van der Waals surface area contributed by atoms with Crippen molar-refractivity contribution in [2.24, 2.45) is 5.41 Å². The molecule has 1 heterocycles. The lowest BCUT2D eigenvalue weighted by Crippen LogP contribution is -2.31. The van der Waals surface area contributed by atoms with Crippen LogP contribution in [0.3, 0.4) is 0 Å². The van der Waals surface area contributed by atoms with Gasteiger partial charge in [0.1, 0.15) is 0 Å². The summed E-state index contributed by atoms with van der Waals surface area (Å²) in [6.07, 6.45) is 5.73. The Kier molecular flexibility index (Phi) is 12.1. The molecule has 2 fully saturated rings. The first-order chi connectivity index (χ1) is 15.2. The van der Waals surface area contributed by atoms with Crippen molar-refractivity contribution in [2.45, 2.75) is 104 Å². The van der Waals surface area contributed by atoms with Crippen LogP contribution in [0, 0.1) is 5.41 Å². The maximum absolute atomic E-state index is 12.5. The highest BCUT2D eigenvalue weighted by Crippen LogP contribution is 2.45. The van der Waals surface area contributed by atoms with Gasteiger partial charge in [0, 0.05) is 12.6 Å². The van der Waals surface area contributed by atoms with Gasteiger partial charge in [0.25, 0.3) is 0 Å². The molecule has 184 valence electrons. The molecule has 1 unspecified atom stereocenters. The number of hydrogen-bond donors (Lipinski definition) is 2. The minimum atomic E-state index is -4.41. The highest BCUT2D eigenvalue weighted by Gasteiger charge is 2.38. The van der Waals surface area contributed by atoms with E-state index in [1.807, 2.05) is 13.8 Å². The van der Waals surface area contributed by atoms with Crippen LogP contribution in [-0.4, -0.2) is 35.0 Å². The normalized spacial score (nSPS) is 23.0. The van der Waals surface area contributed by atoms with Crippen LogP contribution in [0.4, 0.5) is 18.9 Å². The standard InChI is InChI=1S/C20H27F3N2O2.C3H8.C2H6/c1-14(20(21,22)23)27-18-5-4-16(13-25-18)24-11-10-19(12-15-2-3-15)8-6-17(26)7-9-19;1-3-2;1-2/h4-5,12-14,17,24,26H,2-3,6-11H2,1H3;3H2,1-2H3;1-2H3. The fourth-order valence-electron chi connectivity index (χ4n) is 3.55. The lowest BCUT2D eigenvalue weighted by molar-refractivity contribution is -0.189. The molecule has 0 saturated heterocycles. The number of ether oxygens (including phenoxy) is 1. The molecule has 1 aromatic rings. The maximum atomic E-state index is 12.5.